The molecule has 1 amide bonds. The molecule has 1 atom stereocenters. The molecule has 0 aromatic carbocycles. The molecule has 1 aliphatic carbocycles. The molecule has 0 radical (unpaired) electrons. The Morgan fingerprint density at radius 1 is 1.57 bits per heavy atom. The fourth-order valence-electron chi connectivity index (χ4n) is 1.62. The molecule has 0 saturated heterocycles. The molecular formula is C11H22N2O. The van der Waals surface area contributed by atoms with Crippen LogP contribution >= 0.6 is 0 Å². The van der Waals surface area contributed by atoms with E-state index in [1.165, 1.54) is 12.8 Å². The smallest absolute Gasteiger partial charge is 0.224 e. The van der Waals surface area contributed by atoms with E-state index in [1.54, 1.807) is 0 Å². The van der Waals surface area contributed by atoms with Crippen LogP contribution in [0.3, 0.4) is 0 Å². The number of amides is 1. The molecule has 1 fully saturated rings. The SMILES string of the molecule is CCC(NCC(C)(C)C(N)=O)C1CC1. The largest absolute Gasteiger partial charge is 0.369 e. The van der Waals surface area contributed by atoms with Crippen LogP contribution in [0.4, 0.5) is 0 Å². The van der Waals surface area contributed by atoms with Crippen molar-refractivity contribution in [2.24, 2.45) is 17.1 Å². The Labute approximate surface area is 86.4 Å². The number of rotatable bonds is 6. The number of nitrogens with two attached hydrogens (primary N) is 1. The Morgan fingerprint density at radius 3 is 2.50 bits per heavy atom. The van der Waals surface area contributed by atoms with Gasteiger partial charge in [0.15, 0.2) is 0 Å². The number of nitrogens with one attached hydrogen (secondary N) is 1. The van der Waals surface area contributed by atoms with E-state index in [2.05, 4.69) is 12.2 Å². The molecule has 0 spiro atoms. The summed E-state index contributed by atoms with van der Waals surface area (Å²) in [6.07, 6.45) is 3.81. The summed E-state index contributed by atoms with van der Waals surface area (Å²) >= 11 is 0. The molecule has 1 unspecified atom stereocenters. The monoisotopic (exact) mass is 198 g/mol. The average Bonchev–Trinajstić information content (AvgIpc) is 2.89. The zero-order valence-electron chi connectivity index (χ0n) is 9.47. The van der Waals surface area contributed by atoms with Crippen molar-refractivity contribution in [1.82, 2.24) is 5.32 Å². The normalized spacial score (nSPS) is 19.4. The van der Waals surface area contributed by atoms with Gasteiger partial charge in [-0.1, -0.05) is 6.92 Å². The molecule has 3 heteroatoms. The predicted octanol–water partition coefficient (Wildman–Crippen LogP) is 1.28. The van der Waals surface area contributed by atoms with E-state index in [1.807, 2.05) is 13.8 Å². The molecule has 3 N–H and O–H groups in total. The standard InChI is InChI=1S/C11H22N2O/c1-4-9(8-5-6-8)13-7-11(2,3)10(12)14/h8-9,13H,4-7H2,1-3H3,(H2,12,14). The Hall–Kier alpha value is -0.570. The highest BCUT2D eigenvalue weighted by Crippen LogP contribution is 2.34. The maximum atomic E-state index is 11.1. The van der Waals surface area contributed by atoms with Crippen LogP contribution < -0.4 is 11.1 Å². The molecule has 1 rings (SSSR count). The van der Waals surface area contributed by atoms with E-state index < -0.39 is 5.41 Å². The van der Waals surface area contributed by atoms with Gasteiger partial charge in [-0.05, 0) is 39.0 Å². The van der Waals surface area contributed by atoms with E-state index in [0.29, 0.717) is 12.6 Å². The van der Waals surface area contributed by atoms with Crippen molar-refractivity contribution < 1.29 is 4.79 Å². The zero-order chi connectivity index (χ0) is 10.8. The number of primary amides is 1. The Bertz CT molecular complexity index is 209. The Morgan fingerprint density at radius 2 is 2.14 bits per heavy atom. The third kappa shape index (κ3) is 2.98. The third-order valence-electron chi connectivity index (χ3n) is 3.10. The van der Waals surface area contributed by atoms with Crippen LogP contribution in [0.1, 0.15) is 40.0 Å². The van der Waals surface area contributed by atoms with Gasteiger partial charge in [-0.3, -0.25) is 4.79 Å². The van der Waals surface area contributed by atoms with Gasteiger partial charge in [-0.15, -0.1) is 0 Å². The summed E-state index contributed by atoms with van der Waals surface area (Å²) in [4.78, 5) is 11.1. The Balaban J connectivity index is 2.33. The molecule has 0 aromatic rings. The average molecular weight is 198 g/mol. The highest BCUT2D eigenvalue weighted by Gasteiger charge is 2.32. The molecule has 14 heavy (non-hydrogen) atoms. The summed E-state index contributed by atoms with van der Waals surface area (Å²) in [5, 5.41) is 3.45. The summed E-state index contributed by atoms with van der Waals surface area (Å²) in [5.74, 6) is 0.610. The number of carbonyl (C=O) groups is 1. The maximum absolute atomic E-state index is 11.1. The molecule has 82 valence electrons. The van der Waals surface area contributed by atoms with Crippen LogP contribution in [0.2, 0.25) is 0 Å². The van der Waals surface area contributed by atoms with Crippen molar-refractivity contribution in [3.05, 3.63) is 0 Å². The van der Waals surface area contributed by atoms with Gasteiger partial charge < -0.3 is 11.1 Å². The van der Waals surface area contributed by atoms with Crippen molar-refractivity contribution >= 4 is 5.91 Å². The first-order chi connectivity index (χ1) is 6.47. The number of hydrogen-bond donors (Lipinski definition) is 2. The van der Waals surface area contributed by atoms with Gasteiger partial charge in [-0.2, -0.15) is 0 Å². The lowest BCUT2D eigenvalue weighted by atomic mass is 9.92. The molecule has 3 nitrogen and oxygen atoms in total. The van der Waals surface area contributed by atoms with Gasteiger partial charge in [0, 0.05) is 12.6 Å². The third-order valence-corrected chi connectivity index (χ3v) is 3.10. The van der Waals surface area contributed by atoms with Gasteiger partial charge in [0.1, 0.15) is 0 Å². The van der Waals surface area contributed by atoms with Crippen LogP contribution in [-0.2, 0) is 4.79 Å². The second-order valence-corrected chi connectivity index (χ2v) is 4.98. The fraction of sp³-hybridized carbons (Fsp3) is 0.909. The minimum absolute atomic E-state index is 0.226. The van der Waals surface area contributed by atoms with Crippen LogP contribution in [0, 0.1) is 11.3 Å². The molecule has 1 saturated carbocycles. The molecule has 0 bridgehead atoms. The summed E-state index contributed by atoms with van der Waals surface area (Å²) in [6.45, 7) is 6.66. The zero-order valence-corrected chi connectivity index (χ0v) is 9.47. The first-order valence-electron chi connectivity index (χ1n) is 5.50. The van der Waals surface area contributed by atoms with E-state index in [-0.39, 0.29) is 5.91 Å². The number of hydrogen-bond acceptors (Lipinski definition) is 2. The molecule has 0 aliphatic heterocycles. The van der Waals surface area contributed by atoms with Crippen LogP contribution in [0.15, 0.2) is 0 Å². The second-order valence-electron chi connectivity index (χ2n) is 4.98. The second kappa shape index (κ2) is 4.30. The minimum Gasteiger partial charge on any atom is -0.369 e. The van der Waals surface area contributed by atoms with Crippen LogP contribution in [0.25, 0.3) is 0 Å². The van der Waals surface area contributed by atoms with Crippen LogP contribution in [-0.4, -0.2) is 18.5 Å². The van der Waals surface area contributed by atoms with Crippen LogP contribution in [0.5, 0.6) is 0 Å². The van der Waals surface area contributed by atoms with E-state index in [4.69, 9.17) is 5.73 Å². The first-order valence-corrected chi connectivity index (χ1v) is 5.50. The summed E-state index contributed by atoms with van der Waals surface area (Å²) in [6, 6.07) is 0.577. The number of carbonyl (C=O) groups excluding carboxylic acids is 1. The molecule has 0 aromatic heterocycles. The molecule has 0 heterocycles. The van der Waals surface area contributed by atoms with Crippen molar-refractivity contribution in [3.63, 3.8) is 0 Å². The van der Waals surface area contributed by atoms with Gasteiger partial charge in [-0.25, -0.2) is 0 Å². The highest BCUT2D eigenvalue weighted by atomic mass is 16.1. The lowest BCUT2D eigenvalue weighted by Crippen LogP contribution is -2.44. The van der Waals surface area contributed by atoms with Gasteiger partial charge in [0.05, 0.1) is 5.41 Å². The molecular weight excluding hydrogens is 176 g/mol. The lowest BCUT2D eigenvalue weighted by Gasteiger charge is -2.25. The lowest BCUT2D eigenvalue weighted by molar-refractivity contribution is -0.125. The van der Waals surface area contributed by atoms with Gasteiger partial charge in [0.2, 0.25) is 5.91 Å². The van der Waals surface area contributed by atoms with E-state index in [9.17, 15) is 4.79 Å². The van der Waals surface area contributed by atoms with E-state index >= 15 is 0 Å². The van der Waals surface area contributed by atoms with E-state index in [0.717, 1.165) is 12.3 Å². The highest BCUT2D eigenvalue weighted by molar-refractivity contribution is 5.80. The van der Waals surface area contributed by atoms with Crippen molar-refractivity contribution in [1.29, 1.82) is 0 Å². The molecule has 1 aliphatic rings. The summed E-state index contributed by atoms with van der Waals surface area (Å²) < 4.78 is 0. The van der Waals surface area contributed by atoms with Crippen molar-refractivity contribution in [2.45, 2.75) is 46.1 Å². The van der Waals surface area contributed by atoms with Crippen molar-refractivity contribution in [2.75, 3.05) is 6.54 Å². The first kappa shape index (κ1) is 11.5. The minimum atomic E-state index is -0.428. The fourth-order valence-corrected chi connectivity index (χ4v) is 1.62. The Kier molecular flexibility index (Phi) is 3.53. The topological polar surface area (TPSA) is 55.1 Å². The van der Waals surface area contributed by atoms with Gasteiger partial charge in [0.25, 0.3) is 0 Å². The van der Waals surface area contributed by atoms with Crippen molar-refractivity contribution in [3.8, 4) is 0 Å². The van der Waals surface area contributed by atoms with Gasteiger partial charge >= 0.3 is 0 Å². The quantitative estimate of drug-likeness (QED) is 0.675. The summed E-state index contributed by atoms with van der Waals surface area (Å²) in [7, 11) is 0. The maximum Gasteiger partial charge on any atom is 0.224 e. The summed E-state index contributed by atoms with van der Waals surface area (Å²) in [5.41, 5.74) is 4.88. The predicted molar refractivity (Wildman–Crippen MR) is 57.8 cm³/mol.